The van der Waals surface area contributed by atoms with Crippen LogP contribution < -0.4 is 10.6 Å². The molecule has 76 valence electrons. The van der Waals surface area contributed by atoms with Crippen molar-refractivity contribution in [1.29, 1.82) is 0 Å². The molecule has 1 aromatic rings. The highest BCUT2D eigenvalue weighted by molar-refractivity contribution is 7.99. The molecule has 0 spiro atoms. The Balaban J connectivity index is 2.26. The largest absolute Gasteiger partial charge is 0.396 e. The number of thioether (sulfide) groups is 1. The summed E-state index contributed by atoms with van der Waals surface area (Å²) in [6.07, 6.45) is 1.84. The summed E-state index contributed by atoms with van der Waals surface area (Å²) in [5.41, 5.74) is 7.95. The van der Waals surface area contributed by atoms with Gasteiger partial charge >= 0.3 is 0 Å². The molecule has 1 aliphatic rings. The topological polar surface area (TPSA) is 42.2 Å². The first-order chi connectivity index (χ1) is 6.79. The van der Waals surface area contributed by atoms with Gasteiger partial charge in [0.15, 0.2) is 5.82 Å². The fourth-order valence-electron chi connectivity index (χ4n) is 1.58. The van der Waals surface area contributed by atoms with Crippen LogP contribution in [0.25, 0.3) is 0 Å². The van der Waals surface area contributed by atoms with E-state index < -0.39 is 0 Å². The predicted molar refractivity (Wildman–Crippen MR) is 62.9 cm³/mol. The average Bonchev–Trinajstić information content (AvgIpc) is 2.23. The average molecular weight is 209 g/mol. The van der Waals surface area contributed by atoms with Crippen molar-refractivity contribution in [3.63, 3.8) is 0 Å². The summed E-state index contributed by atoms with van der Waals surface area (Å²) < 4.78 is 0. The summed E-state index contributed by atoms with van der Waals surface area (Å²) in [7, 11) is 0. The summed E-state index contributed by atoms with van der Waals surface area (Å²) in [5.74, 6) is 3.31. The maximum Gasteiger partial charge on any atom is 0.152 e. The molecule has 0 amide bonds. The molecule has 0 bridgehead atoms. The molecule has 0 saturated carbocycles. The maximum atomic E-state index is 6.00. The second-order valence-electron chi connectivity index (χ2n) is 3.46. The van der Waals surface area contributed by atoms with Crippen molar-refractivity contribution in [3.8, 4) is 0 Å². The number of nitrogens with zero attached hydrogens (tertiary/aromatic N) is 2. The summed E-state index contributed by atoms with van der Waals surface area (Å²) in [4.78, 5) is 6.63. The SMILES string of the molecule is Cc1ccnc(N2CCSCC2)c1N. The molecule has 1 aliphatic heterocycles. The third-order valence-corrected chi connectivity index (χ3v) is 3.44. The van der Waals surface area contributed by atoms with Crippen LogP contribution in [0.2, 0.25) is 0 Å². The van der Waals surface area contributed by atoms with Crippen LogP contribution in [0.1, 0.15) is 5.56 Å². The number of anilines is 2. The van der Waals surface area contributed by atoms with Gasteiger partial charge in [-0.1, -0.05) is 0 Å². The number of hydrogen-bond acceptors (Lipinski definition) is 4. The second kappa shape index (κ2) is 4.09. The van der Waals surface area contributed by atoms with Crippen LogP contribution in [0.5, 0.6) is 0 Å². The Bertz CT molecular complexity index is 321. The van der Waals surface area contributed by atoms with Crippen molar-refractivity contribution in [2.75, 3.05) is 35.2 Å². The van der Waals surface area contributed by atoms with Crippen molar-refractivity contribution in [2.24, 2.45) is 0 Å². The molecule has 1 fully saturated rings. The maximum absolute atomic E-state index is 6.00. The standard InChI is InChI=1S/C10H15N3S/c1-8-2-3-12-10(9(8)11)13-4-6-14-7-5-13/h2-3H,4-7,11H2,1H3. The number of pyridine rings is 1. The molecule has 2 N–H and O–H groups in total. The van der Waals surface area contributed by atoms with E-state index >= 15 is 0 Å². The molecule has 0 unspecified atom stereocenters. The molecule has 3 nitrogen and oxygen atoms in total. The van der Waals surface area contributed by atoms with Crippen molar-refractivity contribution < 1.29 is 0 Å². The van der Waals surface area contributed by atoms with Gasteiger partial charge in [0.2, 0.25) is 0 Å². The van der Waals surface area contributed by atoms with Gasteiger partial charge in [-0.25, -0.2) is 4.98 Å². The molecule has 1 saturated heterocycles. The van der Waals surface area contributed by atoms with E-state index in [0.717, 1.165) is 30.2 Å². The van der Waals surface area contributed by atoms with Gasteiger partial charge in [0.1, 0.15) is 0 Å². The van der Waals surface area contributed by atoms with Gasteiger partial charge in [-0.2, -0.15) is 11.8 Å². The van der Waals surface area contributed by atoms with Gasteiger partial charge in [-0.05, 0) is 18.6 Å². The van der Waals surface area contributed by atoms with Gasteiger partial charge in [0, 0.05) is 30.8 Å². The third kappa shape index (κ3) is 1.80. The highest BCUT2D eigenvalue weighted by Crippen LogP contribution is 2.25. The molecular formula is C10H15N3S. The number of nitrogens with two attached hydrogens (primary N) is 1. The van der Waals surface area contributed by atoms with Crippen LogP contribution in [-0.2, 0) is 0 Å². The van der Waals surface area contributed by atoms with Crippen LogP contribution in [0, 0.1) is 6.92 Å². The van der Waals surface area contributed by atoms with E-state index in [1.165, 1.54) is 11.5 Å². The first kappa shape index (κ1) is 9.65. The lowest BCUT2D eigenvalue weighted by Gasteiger charge is -2.28. The fraction of sp³-hybridized carbons (Fsp3) is 0.500. The van der Waals surface area contributed by atoms with Crippen LogP contribution >= 0.6 is 11.8 Å². The van der Waals surface area contributed by atoms with E-state index in [1.807, 2.05) is 30.9 Å². The Morgan fingerprint density at radius 3 is 2.86 bits per heavy atom. The normalized spacial score (nSPS) is 17.1. The van der Waals surface area contributed by atoms with Gasteiger partial charge in [0.25, 0.3) is 0 Å². The predicted octanol–water partition coefficient (Wildman–Crippen LogP) is 1.53. The molecule has 0 aromatic carbocycles. The monoisotopic (exact) mass is 209 g/mol. The van der Waals surface area contributed by atoms with Crippen LogP contribution in [0.15, 0.2) is 12.3 Å². The quantitative estimate of drug-likeness (QED) is 0.761. The summed E-state index contributed by atoms with van der Waals surface area (Å²) in [6.45, 7) is 4.15. The fourth-order valence-corrected chi connectivity index (χ4v) is 2.49. The van der Waals surface area contributed by atoms with Crippen LogP contribution in [0.3, 0.4) is 0 Å². The molecule has 0 aliphatic carbocycles. The van der Waals surface area contributed by atoms with Crippen molar-refractivity contribution >= 4 is 23.3 Å². The Morgan fingerprint density at radius 2 is 2.14 bits per heavy atom. The van der Waals surface area contributed by atoms with Crippen molar-refractivity contribution in [1.82, 2.24) is 4.98 Å². The van der Waals surface area contributed by atoms with Gasteiger partial charge in [0.05, 0.1) is 5.69 Å². The molecule has 0 radical (unpaired) electrons. The minimum Gasteiger partial charge on any atom is -0.396 e. The highest BCUT2D eigenvalue weighted by atomic mass is 32.2. The summed E-state index contributed by atoms with van der Waals surface area (Å²) >= 11 is 1.99. The van der Waals surface area contributed by atoms with E-state index in [-0.39, 0.29) is 0 Å². The number of rotatable bonds is 1. The van der Waals surface area contributed by atoms with E-state index in [9.17, 15) is 0 Å². The third-order valence-electron chi connectivity index (χ3n) is 2.50. The number of hydrogen-bond donors (Lipinski definition) is 1. The van der Waals surface area contributed by atoms with E-state index in [2.05, 4.69) is 9.88 Å². The van der Waals surface area contributed by atoms with Gasteiger partial charge in [-0.15, -0.1) is 0 Å². The molecule has 0 atom stereocenters. The second-order valence-corrected chi connectivity index (χ2v) is 4.69. The lowest BCUT2D eigenvalue weighted by Crippen LogP contribution is -2.33. The first-order valence-corrected chi connectivity index (χ1v) is 5.98. The smallest absolute Gasteiger partial charge is 0.152 e. The Kier molecular flexibility index (Phi) is 2.82. The number of aromatic nitrogens is 1. The lowest BCUT2D eigenvalue weighted by atomic mass is 10.2. The Labute approximate surface area is 88.7 Å². The number of nitrogen functional groups attached to an aromatic ring is 1. The van der Waals surface area contributed by atoms with Crippen LogP contribution in [0.4, 0.5) is 11.5 Å². The van der Waals surface area contributed by atoms with Gasteiger partial charge < -0.3 is 10.6 Å². The Morgan fingerprint density at radius 1 is 1.43 bits per heavy atom. The summed E-state index contributed by atoms with van der Waals surface area (Å²) in [6, 6.07) is 1.96. The Hall–Kier alpha value is -0.900. The van der Waals surface area contributed by atoms with Crippen molar-refractivity contribution in [2.45, 2.75) is 6.92 Å². The van der Waals surface area contributed by atoms with E-state index in [4.69, 9.17) is 5.73 Å². The molecule has 2 rings (SSSR count). The van der Waals surface area contributed by atoms with E-state index in [0.29, 0.717) is 0 Å². The minimum atomic E-state index is 0.833. The number of aryl methyl sites for hydroxylation is 1. The zero-order chi connectivity index (χ0) is 9.97. The lowest BCUT2D eigenvalue weighted by molar-refractivity contribution is 0.840. The van der Waals surface area contributed by atoms with E-state index in [1.54, 1.807) is 0 Å². The summed E-state index contributed by atoms with van der Waals surface area (Å²) in [5, 5.41) is 0. The first-order valence-electron chi connectivity index (χ1n) is 4.83. The van der Waals surface area contributed by atoms with Crippen LogP contribution in [-0.4, -0.2) is 29.6 Å². The van der Waals surface area contributed by atoms with Crippen molar-refractivity contribution in [3.05, 3.63) is 17.8 Å². The molecule has 14 heavy (non-hydrogen) atoms. The molecule has 1 aromatic heterocycles. The molecule has 2 heterocycles. The highest BCUT2D eigenvalue weighted by Gasteiger charge is 2.15. The molecule has 4 heteroatoms. The minimum absolute atomic E-state index is 0.833. The molecular weight excluding hydrogens is 194 g/mol. The zero-order valence-corrected chi connectivity index (χ0v) is 9.18. The zero-order valence-electron chi connectivity index (χ0n) is 8.36. The van der Waals surface area contributed by atoms with Gasteiger partial charge in [-0.3, -0.25) is 0 Å².